The fourth-order valence-corrected chi connectivity index (χ4v) is 4.14. The van der Waals surface area contributed by atoms with Gasteiger partial charge in [-0.3, -0.25) is 0 Å². The minimum absolute atomic E-state index is 1.12. The molecule has 0 amide bonds. The van der Waals surface area contributed by atoms with Crippen molar-refractivity contribution < 1.29 is 0 Å². The van der Waals surface area contributed by atoms with Crippen LogP contribution in [0, 0.1) is 0 Å². The minimum Gasteiger partial charge on any atom is -0.158 e. The van der Waals surface area contributed by atoms with E-state index in [-0.39, 0.29) is 0 Å². The largest absolute Gasteiger partial charge is 0.158 e. The monoisotopic (exact) mass is 440 g/mol. The van der Waals surface area contributed by atoms with E-state index in [9.17, 15) is 0 Å². The number of nitrogens with zero attached hydrogens (tertiary/aromatic N) is 4. The lowest BCUT2D eigenvalue weighted by Gasteiger charge is -1.80. The molecule has 28 heavy (non-hydrogen) atoms. The third-order valence-electron chi connectivity index (χ3n) is 3.05. The van der Waals surface area contributed by atoms with E-state index in [1.165, 1.54) is 0 Å². The molecule has 0 saturated carbocycles. The molecule has 0 spiro atoms. The first-order chi connectivity index (χ1) is 13.9. The molecular weight excluding hydrogens is 425 g/mol. The van der Waals surface area contributed by atoms with Crippen LogP contribution in [-0.2, 0) is 0 Å². The highest BCUT2D eigenvalue weighted by molar-refractivity contribution is 7.12. The zero-order valence-corrected chi connectivity index (χ0v) is 17.9. The molecule has 8 heteroatoms. The Balaban J connectivity index is 0.000000161. The van der Waals surface area contributed by atoms with Gasteiger partial charge >= 0.3 is 0 Å². The quantitative estimate of drug-likeness (QED) is 0.242. The Hall–Kier alpha value is -2.52. The van der Waals surface area contributed by atoms with Crippen LogP contribution >= 0.6 is 45.3 Å². The van der Waals surface area contributed by atoms with E-state index >= 15 is 0 Å². The summed E-state index contributed by atoms with van der Waals surface area (Å²) in [5.41, 5.74) is 0. The van der Waals surface area contributed by atoms with Crippen molar-refractivity contribution >= 4 is 70.2 Å². The van der Waals surface area contributed by atoms with Gasteiger partial charge in [-0.05, 0) is 45.8 Å². The number of hydrogen-bond donors (Lipinski definition) is 0. The Labute approximate surface area is 179 Å². The minimum atomic E-state index is 1.12. The van der Waals surface area contributed by atoms with E-state index in [1.807, 2.05) is 70.1 Å². The Kier molecular flexibility index (Phi) is 8.69. The van der Waals surface area contributed by atoms with Gasteiger partial charge in [0.05, 0.1) is 24.9 Å². The summed E-state index contributed by atoms with van der Waals surface area (Å²) in [6.45, 7) is 0. The van der Waals surface area contributed by atoms with E-state index in [1.54, 1.807) is 70.2 Å². The van der Waals surface area contributed by atoms with E-state index in [2.05, 4.69) is 20.4 Å². The SMILES string of the molecule is C(=N\N=C\c1cccs1)/c1cccs1.C(=N\N=C\c1cccs1)/c1cccs1. The standard InChI is InChI=1S/2C10H8N2S2/c2*1-3-9(13-5-1)7-11-12-8-10-4-2-6-14-10/h2*1-8H/b2*11-7+,12-8+. The van der Waals surface area contributed by atoms with E-state index < -0.39 is 0 Å². The number of hydrogen-bond acceptors (Lipinski definition) is 8. The van der Waals surface area contributed by atoms with Crippen molar-refractivity contribution in [2.75, 3.05) is 0 Å². The summed E-state index contributed by atoms with van der Waals surface area (Å²) in [5, 5.41) is 23.9. The van der Waals surface area contributed by atoms with Crippen LogP contribution in [-0.4, -0.2) is 24.9 Å². The molecule has 0 aliphatic heterocycles. The molecule has 4 rings (SSSR count). The van der Waals surface area contributed by atoms with Crippen molar-refractivity contribution in [1.82, 2.24) is 0 Å². The van der Waals surface area contributed by atoms with E-state index in [0.29, 0.717) is 0 Å². The summed E-state index contributed by atoms with van der Waals surface area (Å²) in [7, 11) is 0. The second-order valence-corrected chi connectivity index (χ2v) is 8.96. The first-order valence-corrected chi connectivity index (χ1v) is 11.7. The van der Waals surface area contributed by atoms with Crippen LogP contribution in [0.2, 0.25) is 0 Å². The van der Waals surface area contributed by atoms with Crippen LogP contribution in [0.5, 0.6) is 0 Å². The maximum absolute atomic E-state index is 3.95. The fraction of sp³-hybridized carbons (Fsp3) is 0. The third-order valence-corrected chi connectivity index (χ3v) is 6.27. The lowest BCUT2D eigenvalue weighted by Crippen LogP contribution is -1.72. The molecule has 0 aliphatic rings. The van der Waals surface area contributed by atoms with Crippen molar-refractivity contribution in [3.8, 4) is 0 Å². The van der Waals surface area contributed by atoms with Crippen molar-refractivity contribution in [2.45, 2.75) is 0 Å². The third kappa shape index (κ3) is 7.61. The molecular formula is C20H16N4S4. The summed E-state index contributed by atoms with van der Waals surface area (Å²) < 4.78 is 0. The molecule has 0 aliphatic carbocycles. The molecule has 4 nitrogen and oxygen atoms in total. The van der Waals surface area contributed by atoms with Crippen LogP contribution in [0.15, 0.2) is 90.5 Å². The molecule has 0 aromatic carbocycles. The van der Waals surface area contributed by atoms with Gasteiger partial charge < -0.3 is 0 Å². The normalized spacial score (nSPS) is 11.7. The predicted molar refractivity (Wildman–Crippen MR) is 128 cm³/mol. The van der Waals surface area contributed by atoms with Crippen LogP contribution in [0.1, 0.15) is 19.5 Å². The van der Waals surface area contributed by atoms with Gasteiger partial charge in [-0.15, -0.1) is 45.3 Å². The Morgan fingerprint density at radius 2 is 0.679 bits per heavy atom. The highest BCUT2D eigenvalue weighted by Gasteiger charge is 1.87. The van der Waals surface area contributed by atoms with Crippen LogP contribution in [0.25, 0.3) is 0 Å². The molecule has 0 bridgehead atoms. The van der Waals surface area contributed by atoms with Crippen molar-refractivity contribution in [3.05, 3.63) is 89.6 Å². The van der Waals surface area contributed by atoms with Gasteiger partial charge in [0.15, 0.2) is 0 Å². The van der Waals surface area contributed by atoms with Gasteiger partial charge in [0.2, 0.25) is 0 Å². The van der Waals surface area contributed by atoms with Crippen LogP contribution in [0.3, 0.4) is 0 Å². The number of rotatable bonds is 6. The van der Waals surface area contributed by atoms with Gasteiger partial charge in [-0.25, -0.2) is 0 Å². The molecule has 140 valence electrons. The van der Waals surface area contributed by atoms with Crippen LogP contribution in [0.4, 0.5) is 0 Å². The molecule has 0 unspecified atom stereocenters. The first-order valence-electron chi connectivity index (χ1n) is 8.17. The van der Waals surface area contributed by atoms with Crippen molar-refractivity contribution in [3.63, 3.8) is 0 Å². The predicted octanol–water partition coefficient (Wildman–Crippen LogP) is 6.53. The van der Waals surface area contributed by atoms with Crippen molar-refractivity contribution in [1.29, 1.82) is 0 Å². The van der Waals surface area contributed by atoms with Gasteiger partial charge in [0.1, 0.15) is 0 Å². The van der Waals surface area contributed by atoms with Crippen LogP contribution < -0.4 is 0 Å². The maximum atomic E-state index is 3.95. The molecule has 0 atom stereocenters. The molecule has 4 heterocycles. The van der Waals surface area contributed by atoms with E-state index in [0.717, 1.165) is 19.5 Å². The van der Waals surface area contributed by atoms with Gasteiger partial charge in [-0.1, -0.05) is 24.3 Å². The number of thiophene rings is 4. The molecule has 0 fully saturated rings. The molecule has 4 aromatic rings. The molecule has 0 N–H and O–H groups in total. The zero-order chi connectivity index (χ0) is 19.3. The van der Waals surface area contributed by atoms with Crippen molar-refractivity contribution in [2.24, 2.45) is 20.4 Å². The van der Waals surface area contributed by atoms with Gasteiger partial charge in [0, 0.05) is 19.5 Å². The smallest absolute Gasteiger partial charge is 0.0667 e. The Morgan fingerprint density at radius 3 is 0.857 bits per heavy atom. The van der Waals surface area contributed by atoms with E-state index in [4.69, 9.17) is 0 Å². The van der Waals surface area contributed by atoms with Gasteiger partial charge in [0.25, 0.3) is 0 Å². The average Bonchev–Trinajstić information content (AvgIpc) is 3.51. The fourth-order valence-electron chi connectivity index (χ4n) is 1.82. The van der Waals surface area contributed by atoms with Gasteiger partial charge in [-0.2, -0.15) is 20.4 Å². The molecule has 0 saturated heterocycles. The molecule has 0 radical (unpaired) electrons. The highest BCUT2D eigenvalue weighted by atomic mass is 32.1. The molecule has 4 aromatic heterocycles. The zero-order valence-electron chi connectivity index (χ0n) is 14.7. The second-order valence-electron chi connectivity index (χ2n) is 5.04. The summed E-state index contributed by atoms with van der Waals surface area (Å²) in [6.07, 6.45) is 7.03. The second kappa shape index (κ2) is 12.0. The highest BCUT2D eigenvalue weighted by Crippen LogP contribution is 2.07. The Morgan fingerprint density at radius 1 is 0.429 bits per heavy atom. The maximum Gasteiger partial charge on any atom is 0.0667 e. The summed E-state index contributed by atoms with van der Waals surface area (Å²) in [6, 6.07) is 16.0. The first kappa shape index (κ1) is 20.2. The topological polar surface area (TPSA) is 49.4 Å². The summed E-state index contributed by atoms with van der Waals surface area (Å²) >= 11 is 6.60. The Bertz CT molecular complexity index is 826. The summed E-state index contributed by atoms with van der Waals surface area (Å²) in [4.78, 5) is 4.48. The lowest BCUT2D eigenvalue weighted by atomic mass is 10.5. The lowest BCUT2D eigenvalue weighted by molar-refractivity contribution is 1.27. The summed E-state index contributed by atoms with van der Waals surface area (Å²) in [5.74, 6) is 0. The average molecular weight is 441 g/mol.